The molecule has 0 radical (unpaired) electrons. The number of nitriles is 1. The Hall–Kier alpha value is -2.33. The summed E-state index contributed by atoms with van der Waals surface area (Å²) in [5.41, 5.74) is 1.78. The summed E-state index contributed by atoms with van der Waals surface area (Å²) in [7, 11) is 0. The minimum atomic E-state index is 0.179. The van der Waals surface area contributed by atoms with Crippen LogP contribution in [0, 0.1) is 18.3 Å². The Morgan fingerprint density at radius 2 is 2.08 bits per heavy atom. The quantitative estimate of drug-likeness (QED) is 0.819. The fraction of sp³-hybridized carbons (Fsp3) is 0.444. The summed E-state index contributed by atoms with van der Waals surface area (Å²) in [6.45, 7) is 3.29. The zero-order valence-corrected chi connectivity index (χ0v) is 15.0. The lowest BCUT2D eigenvalue weighted by atomic mass is 9.97. The third-order valence-electron chi connectivity index (χ3n) is 4.32. The molecule has 2 heterocycles. The monoisotopic (exact) mass is 356 g/mol. The molecule has 7 heteroatoms. The Morgan fingerprint density at radius 3 is 2.68 bits per heavy atom. The van der Waals surface area contributed by atoms with E-state index < -0.39 is 0 Å². The van der Waals surface area contributed by atoms with Crippen molar-refractivity contribution in [1.29, 1.82) is 5.26 Å². The van der Waals surface area contributed by atoms with Crippen molar-refractivity contribution in [3.8, 4) is 6.07 Å². The van der Waals surface area contributed by atoms with E-state index in [2.05, 4.69) is 16.2 Å². The summed E-state index contributed by atoms with van der Waals surface area (Å²) in [6.07, 6.45) is 1.74. The number of aryl methyl sites for hydroxylation is 1. The third-order valence-corrected chi connectivity index (χ3v) is 5.31. The van der Waals surface area contributed by atoms with E-state index in [1.54, 1.807) is 11.8 Å². The normalized spacial score (nSPS) is 15.1. The molecule has 3 rings (SSSR count). The van der Waals surface area contributed by atoms with Gasteiger partial charge in [-0.05, 0) is 37.5 Å². The Bertz CT molecular complexity index is 758. The van der Waals surface area contributed by atoms with Crippen molar-refractivity contribution in [2.45, 2.75) is 31.4 Å². The van der Waals surface area contributed by atoms with E-state index in [1.807, 2.05) is 36.1 Å². The molecule has 25 heavy (non-hydrogen) atoms. The van der Waals surface area contributed by atoms with Gasteiger partial charge in [-0.2, -0.15) is 10.2 Å². The van der Waals surface area contributed by atoms with Gasteiger partial charge in [0.2, 0.25) is 11.8 Å². The van der Waals surface area contributed by atoms with Crippen molar-refractivity contribution in [3.63, 3.8) is 0 Å². The van der Waals surface area contributed by atoms with Gasteiger partial charge in [-0.1, -0.05) is 17.3 Å². The van der Waals surface area contributed by atoms with Gasteiger partial charge in [0.05, 0.1) is 17.4 Å². The molecule has 0 N–H and O–H groups in total. The summed E-state index contributed by atoms with van der Waals surface area (Å²) >= 11 is 1.61. The number of thioether (sulfide) groups is 1. The third kappa shape index (κ3) is 4.60. The number of piperidine rings is 1. The second-order valence-electron chi connectivity index (χ2n) is 6.14. The molecular formula is C18H20N4O2S. The van der Waals surface area contributed by atoms with Crippen molar-refractivity contribution in [2.75, 3.05) is 18.8 Å². The number of nitrogens with zero attached hydrogens (tertiary/aromatic N) is 4. The smallest absolute Gasteiger partial charge is 0.232 e. The van der Waals surface area contributed by atoms with Crippen molar-refractivity contribution in [2.24, 2.45) is 0 Å². The van der Waals surface area contributed by atoms with Crippen LogP contribution in [-0.4, -0.2) is 39.8 Å². The number of likely N-dealkylation sites (tertiary alicyclic amines) is 1. The zero-order valence-electron chi connectivity index (χ0n) is 14.1. The average molecular weight is 356 g/mol. The van der Waals surface area contributed by atoms with E-state index >= 15 is 0 Å². The molecule has 130 valence electrons. The van der Waals surface area contributed by atoms with E-state index in [1.165, 1.54) is 0 Å². The van der Waals surface area contributed by atoms with E-state index in [0.29, 0.717) is 23.0 Å². The zero-order chi connectivity index (χ0) is 17.6. The topological polar surface area (TPSA) is 83.0 Å². The molecule has 2 aromatic rings. The van der Waals surface area contributed by atoms with Gasteiger partial charge >= 0.3 is 0 Å². The van der Waals surface area contributed by atoms with Crippen LogP contribution in [0.1, 0.15) is 41.6 Å². The standard InChI is InChI=1S/C18H20N4O2S/c1-13-20-18(24-21-13)16-6-8-22(9-7-16)17(23)12-25-11-15-4-2-14(10-19)3-5-15/h2-5,16H,6-9,11-12H2,1H3. The number of aromatic nitrogens is 2. The van der Waals surface area contributed by atoms with Crippen LogP contribution >= 0.6 is 11.8 Å². The molecular weight excluding hydrogens is 336 g/mol. The van der Waals surface area contributed by atoms with Gasteiger partial charge in [0.1, 0.15) is 0 Å². The molecule has 1 fully saturated rings. The molecule has 1 aliphatic rings. The van der Waals surface area contributed by atoms with Gasteiger partial charge in [0.25, 0.3) is 0 Å². The van der Waals surface area contributed by atoms with E-state index in [9.17, 15) is 4.79 Å². The van der Waals surface area contributed by atoms with Gasteiger partial charge < -0.3 is 9.42 Å². The van der Waals surface area contributed by atoms with E-state index in [0.717, 1.165) is 37.2 Å². The largest absolute Gasteiger partial charge is 0.342 e. The molecule has 0 unspecified atom stereocenters. The van der Waals surface area contributed by atoms with Gasteiger partial charge in [-0.15, -0.1) is 11.8 Å². The first kappa shape index (κ1) is 17.5. The van der Waals surface area contributed by atoms with Crippen LogP contribution < -0.4 is 0 Å². The lowest BCUT2D eigenvalue weighted by Crippen LogP contribution is -2.39. The van der Waals surface area contributed by atoms with Crippen molar-refractivity contribution in [3.05, 3.63) is 47.1 Å². The van der Waals surface area contributed by atoms with Gasteiger partial charge in [-0.25, -0.2) is 0 Å². The first-order valence-corrected chi connectivity index (χ1v) is 9.46. The maximum absolute atomic E-state index is 12.3. The Balaban J connectivity index is 1.41. The first-order chi connectivity index (χ1) is 12.2. The first-order valence-electron chi connectivity index (χ1n) is 8.30. The number of amides is 1. The van der Waals surface area contributed by atoms with Gasteiger partial charge in [0, 0.05) is 24.8 Å². The van der Waals surface area contributed by atoms with Crippen LogP contribution in [0.5, 0.6) is 0 Å². The lowest BCUT2D eigenvalue weighted by molar-refractivity contribution is -0.129. The van der Waals surface area contributed by atoms with E-state index in [4.69, 9.17) is 9.78 Å². The maximum Gasteiger partial charge on any atom is 0.232 e. The highest BCUT2D eigenvalue weighted by Gasteiger charge is 2.26. The average Bonchev–Trinajstić information content (AvgIpc) is 3.09. The number of hydrogen-bond donors (Lipinski definition) is 0. The van der Waals surface area contributed by atoms with E-state index in [-0.39, 0.29) is 11.8 Å². The highest BCUT2D eigenvalue weighted by Crippen LogP contribution is 2.27. The predicted octanol–water partition coefficient (Wildman–Crippen LogP) is 2.89. The highest BCUT2D eigenvalue weighted by atomic mass is 32.2. The van der Waals surface area contributed by atoms with Crippen LogP contribution in [0.15, 0.2) is 28.8 Å². The summed E-state index contributed by atoms with van der Waals surface area (Å²) in [6, 6.07) is 9.60. The summed E-state index contributed by atoms with van der Waals surface area (Å²) in [5, 5.41) is 12.6. The Kier molecular flexibility index (Phi) is 5.71. The molecule has 0 atom stereocenters. The molecule has 0 aliphatic carbocycles. The Morgan fingerprint density at radius 1 is 1.36 bits per heavy atom. The van der Waals surface area contributed by atoms with Crippen LogP contribution in [-0.2, 0) is 10.5 Å². The molecule has 0 spiro atoms. The lowest BCUT2D eigenvalue weighted by Gasteiger charge is -2.30. The number of carbonyl (C=O) groups is 1. The van der Waals surface area contributed by atoms with Gasteiger partial charge in [0.15, 0.2) is 5.82 Å². The molecule has 1 aliphatic heterocycles. The maximum atomic E-state index is 12.3. The highest BCUT2D eigenvalue weighted by molar-refractivity contribution is 7.99. The molecule has 0 saturated carbocycles. The number of rotatable bonds is 5. The van der Waals surface area contributed by atoms with Crippen LogP contribution in [0.4, 0.5) is 0 Å². The molecule has 1 aromatic heterocycles. The minimum Gasteiger partial charge on any atom is -0.342 e. The predicted molar refractivity (Wildman–Crippen MR) is 94.9 cm³/mol. The fourth-order valence-corrected chi connectivity index (χ4v) is 3.77. The van der Waals surface area contributed by atoms with Crippen molar-refractivity contribution in [1.82, 2.24) is 15.0 Å². The summed E-state index contributed by atoms with van der Waals surface area (Å²) < 4.78 is 5.24. The molecule has 1 amide bonds. The SMILES string of the molecule is Cc1noc(C2CCN(C(=O)CSCc3ccc(C#N)cc3)CC2)n1. The fourth-order valence-electron chi connectivity index (χ4n) is 2.88. The summed E-state index contributed by atoms with van der Waals surface area (Å²) in [4.78, 5) is 18.6. The van der Waals surface area contributed by atoms with Crippen LogP contribution in [0.25, 0.3) is 0 Å². The molecule has 1 saturated heterocycles. The molecule has 0 bridgehead atoms. The number of carbonyl (C=O) groups excluding carboxylic acids is 1. The van der Waals surface area contributed by atoms with Crippen molar-refractivity contribution >= 4 is 17.7 Å². The molecule has 1 aromatic carbocycles. The summed E-state index contributed by atoms with van der Waals surface area (Å²) in [5.74, 6) is 3.04. The second-order valence-corrected chi connectivity index (χ2v) is 7.12. The second kappa shape index (κ2) is 8.17. The number of benzene rings is 1. The van der Waals surface area contributed by atoms with Crippen LogP contribution in [0.2, 0.25) is 0 Å². The minimum absolute atomic E-state index is 0.179. The molecule has 6 nitrogen and oxygen atoms in total. The Labute approximate surface area is 151 Å². The van der Waals surface area contributed by atoms with Crippen LogP contribution in [0.3, 0.4) is 0 Å². The number of hydrogen-bond acceptors (Lipinski definition) is 6. The van der Waals surface area contributed by atoms with Gasteiger partial charge in [-0.3, -0.25) is 4.79 Å². The van der Waals surface area contributed by atoms with Crippen molar-refractivity contribution < 1.29 is 9.32 Å².